The topological polar surface area (TPSA) is 53.1 Å². The molecule has 0 spiro atoms. The molecule has 0 N–H and O–H groups in total. The van der Waals surface area contributed by atoms with Gasteiger partial charge in [-0.1, -0.05) is 12.1 Å². The van der Waals surface area contributed by atoms with Crippen LogP contribution in [0.25, 0.3) is 0 Å². The molecule has 2 heterocycles. The zero-order valence-corrected chi connectivity index (χ0v) is 14.5. The third kappa shape index (κ3) is 3.47. The molecule has 3 rings (SSSR count). The maximum atomic E-state index is 12.4. The van der Waals surface area contributed by atoms with Crippen molar-refractivity contribution in [1.29, 1.82) is 0 Å². The summed E-state index contributed by atoms with van der Waals surface area (Å²) >= 11 is 0. The van der Waals surface area contributed by atoms with Gasteiger partial charge in [0.25, 0.3) is 0 Å². The van der Waals surface area contributed by atoms with E-state index in [9.17, 15) is 9.59 Å². The smallest absolute Gasteiger partial charge is 0.410 e. The standard InChI is InChI=1S/C18H25N3O3/c1-14-5-3-6-16(15(14)2)19-8-10-20(11-9-19)17(22)13-21-7-4-12-24-18(21)23/h3,5-6H,4,7-13H2,1-2H3. The van der Waals surface area contributed by atoms with Crippen molar-refractivity contribution >= 4 is 17.7 Å². The van der Waals surface area contributed by atoms with Crippen LogP contribution in [0.4, 0.5) is 10.5 Å². The number of cyclic esters (lactones) is 1. The normalized spacial score (nSPS) is 18.6. The summed E-state index contributed by atoms with van der Waals surface area (Å²) in [6, 6.07) is 6.34. The van der Waals surface area contributed by atoms with Gasteiger partial charge in [0.05, 0.1) is 6.61 Å². The summed E-state index contributed by atoms with van der Waals surface area (Å²) in [5, 5.41) is 0. The van der Waals surface area contributed by atoms with E-state index >= 15 is 0 Å². The van der Waals surface area contributed by atoms with Crippen molar-refractivity contribution in [2.24, 2.45) is 0 Å². The Balaban J connectivity index is 1.55. The van der Waals surface area contributed by atoms with E-state index in [1.807, 2.05) is 4.90 Å². The van der Waals surface area contributed by atoms with Gasteiger partial charge in [0.15, 0.2) is 0 Å². The number of rotatable bonds is 3. The third-order valence-corrected chi connectivity index (χ3v) is 4.93. The quantitative estimate of drug-likeness (QED) is 0.847. The molecule has 130 valence electrons. The first kappa shape index (κ1) is 16.6. The van der Waals surface area contributed by atoms with Crippen LogP contribution in [0.15, 0.2) is 18.2 Å². The van der Waals surface area contributed by atoms with Crippen molar-refractivity contribution in [3.8, 4) is 0 Å². The number of benzene rings is 1. The van der Waals surface area contributed by atoms with E-state index in [0.717, 1.165) is 19.5 Å². The van der Waals surface area contributed by atoms with Gasteiger partial charge in [-0.3, -0.25) is 9.69 Å². The predicted molar refractivity (Wildman–Crippen MR) is 92.2 cm³/mol. The predicted octanol–water partition coefficient (Wildman–Crippen LogP) is 1.79. The SMILES string of the molecule is Cc1cccc(N2CCN(C(=O)CN3CCCOC3=O)CC2)c1C. The molecule has 2 aliphatic heterocycles. The van der Waals surface area contributed by atoms with E-state index in [1.165, 1.54) is 21.7 Å². The number of anilines is 1. The number of ether oxygens (including phenoxy) is 1. The number of hydrogen-bond donors (Lipinski definition) is 0. The summed E-state index contributed by atoms with van der Waals surface area (Å²) in [6.45, 7) is 8.47. The van der Waals surface area contributed by atoms with Crippen molar-refractivity contribution in [3.63, 3.8) is 0 Å². The highest BCUT2D eigenvalue weighted by Crippen LogP contribution is 2.23. The van der Waals surface area contributed by atoms with Crippen LogP contribution >= 0.6 is 0 Å². The molecule has 24 heavy (non-hydrogen) atoms. The van der Waals surface area contributed by atoms with Crippen LogP contribution in [-0.2, 0) is 9.53 Å². The zero-order valence-electron chi connectivity index (χ0n) is 14.5. The lowest BCUT2D eigenvalue weighted by Gasteiger charge is -2.38. The molecule has 1 aromatic rings. The van der Waals surface area contributed by atoms with Gasteiger partial charge in [-0.05, 0) is 37.5 Å². The highest BCUT2D eigenvalue weighted by atomic mass is 16.6. The minimum absolute atomic E-state index is 0.00876. The first-order chi connectivity index (χ1) is 11.6. The Hall–Kier alpha value is -2.24. The molecule has 2 aliphatic rings. The summed E-state index contributed by atoms with van der Waals surface area (Å²) in [6.07, 6.45) is 0.419. The van der Waals surface area contributed by atoms with Gasteiger partial charge in [0.2, 0.25) is 5.91 Å². The zero-order chi connectivity index (χ0) is 17.1. The fourth-order valence-corrected chi connectivity index (χ4v) is 3.28. The summed E-state index contributed by atoms with van der Waals surface area (Å²) < 4.78 is 4.99. The molecule has 0 unspecified atom stereocenters. The van der Waals surface area contributed by atoms with E-state index < -0.39 is 0 Å². The number of piperazine rings is 1. The third-order valence-electron chi connectivity index (χ3n) is 4.93. The van der Waals surface area contributed by atoms with Crippen molar-refractivity contribution in [2.45, 2.75) is 20.3 Å². The minimum atomic E-state index is -0.372. The van der Waals surface area contributed by atoms with Crippen molar-refractivity contribution in [2.75, 3.05) is 50.8 Å². The monoisotopic (exact) mass is 331 g/mol. The highest BCUT2D eigenvalue weighted by Gasteiger charge is 2.27. The van der Waals surface area contributed by atoms with Crippen LogP contribution in [0.3, 0.4) is 0 Å². The lowest BCUT2D eigenvalue weighted by Crippen LogP contribution is -2.52. The molecular formula is C18H25N3O3. The first-order valence-corrected chi connectivity index (χ1v) is 8.57. The molecular weight excluding hydrogens is 306 g/mol. The molecule has 1 aromatic carbocycles. The Bertz CT molecular complexity index is 624. The first-order valence-electron chi connectivity index (χ1n) is 8.57. The number of aryl methyl sites for hydroxylation is 1. The number of carbonyl (C=O) groups excluding carboxylic acids is 2. The van der Waals surface area contributed by atoms with E-state index in [-0.39, 0.29) is 18.5 Å². The van der Waals surface area contributed by atoms with Crippen molar-refractivity contribution in [3.05, 3.63) is 29.3 Å². The maximum Gasteiger partial charge on any atom is 0.410 e. The van der Waals surface area contributed by atoms with Gasteiger partial charge >= 0.3 is 6.09 Å². The van der Waals surface area contributed by atoms with E-state index in [1.54, 1.807) is 0 Å². The fourth-order valence-electron chi connectivity index (χ4n) is 3.28. The number of amides is 2. The van der Waals surface area contributed by atoms with Gasteiger partial charge in [-0.15, -0.1) is 0 Å². The molecule has 2 amide bonds. The molecule has 6 heteroatoms. The average Bonchev–Trinajstić information content (AvgIpc) is 2.59. The van der Waals surface area contributed by atoms with Crippen LogP contribution in [0.5, 0.6) is 0 Å². The van der Waals surface area contributed by atoms with Crippen LogP contribution in [0.2, 0.25) is 0 Å². The Morgan fingerprint density at radius 1 is 1.12 bits per heavy atom. The Labute approximate surface area is 143 Å². The van der Waals surface area contributed by atoms with Gasteiger partial charge in [0, 0.05) is 38.4 Å². The molecule has 6 nitrogen and oxygen atoms in total. The van der Waals surface area contributed by atoms with Crippen LogP contribution < -0.4 is 4.90 Å². The van der Waals surface area contributed by atoms with Gasteiger partial charge in [-0.2, -0.15) is 0 Å². The maximum absolute atomic E-state index is 12.4. The fraction of sp³-hybridized carbons (Fsp3) is 0.556. The molecule has 0 aliphatic carbocycles. The number of nitrogens with zero attached hydrogens (tertiary/aromatic N) is 3. The second kappa shape index (κ2) is 7.11. The highest BCUT2D eigenvalue weighted by molar-refractivity contribution is 5.82. The molecule has 2 saturated heterocycles. The van der Waals surface area contributed by atoms with Gasteiger partial charge < -0.3 is 14.5 Å². The number of carbonyl (C=O) groups is 2. The van der Waals surface area contributed by atoms with Crippen molar-refractivity contribution in [1.82, 2.24) is 9.80 Å². The summed E-state index contributed by atoms with van der Waals surface area (Å²) in [4.78, 5) is 29.8. The van der Waals surface area contributed by atoms with Gasteiger partial charge in [-0.25, -0.2) is 4.79 Å². The lowest BCUT2D eigenvalue weighted by atomic mass is 10.1. The lowest BCUT2D eigenvalue weighted by molar-refractivity contribution is -0.132. The summed E-state index contributed by atoms with van der Waals surface area (Å²) in [5.74, 6) is 0.00876. The second-order valence-corrected chi connectivity index (χ2v) is 6.48. The Kier molecular flexibility index (Phi) is 4.92. The van der Waals surface area contributed by atoms with E-state index in [2.05, 4.69) is 36.9 Å². The average molecular weight is 331 g/mol. The van der Waals surface area contributed by atoms with Crippen molar-refractivity contribution < 1.29 is 14.3 Å². The van der Waals surface area contributed by atoms with Crippen LogP contribution in [0.1, 0.15) is 17.5 Å². The largest absolute Gasteiger partial charge is 0.449 e. The number of hydrogen-bond acceptors (Lipinski definition) is 4. The molecule has 0 atom stereocenters. The van der Waals surface area contributed by atoms with Crippen LogP contribution in [-0.4, -0.2) is 67.7 Å². The Morgan fingerprint density at radius 3 is 2.58 bits per heavy atom. The van der Waals surface area contributed by atoms with E-state index in [4.69, 9.17) is 4.74 Å². The minimum Gasteiger partial charge on any atom is -0.449 e. The molecule has 0 saturated carbocycles. The van der Waals surface area contributed by atoms with E-state index in [0.29, 0.717) is 26.2 Å². The second-order valence-electron chi connectivity index (χ2n) is 6.48. The molecule has 0 radical (unpaired) electrons. The summed E-state index contributed by atoms with van der Waals surface area (Å²) in [5.41, 5.74) is 3.84. The van der Waals surface area contributed by atoms with Gasteiger partial charge in [0.1, 0.15) is 6.54 Å². The Morgan fingerprint density at radius 2 is 1.88 bits per heavy atom. The van der Waals surface area contributed by atoms with Crippen LogP contribution in [0, 0.1) is 13.8 Å². The molecule has 0 aromatic heterocycles. The summed E-state index contributed by atoms with van der Waals surface area (Å²) in [7, 11) is 0. The molecule has 2 fully saturated rings. The molecule has 0 bridgehead atoms.